The highest BCUT2D eigenvalue weighted by Gasteiger charge is 2.30. The molecule has 3 aromatic rings. The summed E-state index contributed by atoms with van der Waals surface area (Å²) in [6.45, 7) is 4.84. The third-order valence-electron chi connectivity index (χ3n) is 5.53. The first kappa shape index (κ1) is 18.4. The third kappa shape index (κ3) is 3.84. The number of benzene rings is 1. The molecule has 3 N–H and O–H groups in total. The van der Waals surface area contributed by atoms with E-state index in [0.717, 1.165) is 47.5 Å². The number of nitrogens with one attached hydrogen (secondary N) is 3. The summed E-state index contributed by atoms with van der Waals surface area (Å²) in [5.74, 6) is 0.953. The molecule has 28 heavy (non-hydrogen) atoms. The number of hydrogen-bond acceptors (Lipinski definition) is 4. The van der Waals surface area contributed by atoms with E-state index in [2.05, 4.69) is 32.5 Å². The van der Waals surface area contributed by atoms with Crippen LogP contribution in [0.2, 0.25) is 0 Å². The minimum absolute atomic E-state index is 0.0916. The average molecular weight is 378 g/mol. The van der Waals surface area contributed by atoms with E-state index in [1.165, 1.54) is 0 Å². The molecule has 1 saturated heterocycles. The molecule has 2 atom stereocenters. The molecule has 0 spiro atoms. The van der Waals surface area contributed by atoms with Crippen molar-refractivity contribution in [1.82, 2.24) is 25.2 Å². The lowest BCUT2D eigenvalue weighted by molar-refractivity contribution is 0.153. The Bertz CT molecular complexity index is 964. The van der Waals surface area contributed by atoms with Crippen LogP contribution in [0.25, 0.3) is 11.0 Å². The van der Waals surface area contributed by atoms with Gasteiger partial charge in [-0.3, -0.25) is 9.88 Å². The van der Waals surface area contributed by atoms with E-state index < -0.39 is 0 Å². The molecule has 4 rings (SSSR count). The molecule has 1 unspecified atom stereocenters. The number of aromatic amines is 1. The van der Waals surface area contributed by atoms with Gasteiger partial charge in [-0.2, -0.15) is 0 Å². The molecule has 0 aliphatic carbocycles. The summed E-state index contributed by atoms with van der Waals surface area (Å²) in [5, 5.41) is 6.00. The van der Waals surface area contributed by atoms with Crippen LogP contribution in [0, 0.1) is 13.8 Å². The molecule has 1 aliphatic heterocycles. The van der Waals surface area contributed by atoms with E-state index in [1.54, 1.807) is 6.20 Å². The lowest BCUT2D eigenvalue weighted by Gasteiger charge is -2.36. The second-order valence-electron chi connectivity index (χ2n) is 7.58. The van der Waals surface area contributed by atoms with E-state index >= 15 is 0 Å². The maximum absolute atomic E-state index is 12.5. The van der Waals surface area contributed by atoms with Crippen molar-refractivity contribution in [3.05, 3.63) is 53.6 Å². The molecule has 2 amide bonds. The molecule has 7 heteroatoms. The molecule has 1 aromatic carbocycles. The van der Waals surface area contributed by atoms with Gasteiger partial charge in [0, 0.05) is 18.3 Å². The lowest BCUT2D eigenvalue weighted by atomic mass is 9.97. The second-order valence-corrected chi connectivity index (χ2v) is 7.58. The zero-order valence-corrected chi connectivity index (χ0v) is 16.5. The number of hydrogen-bond donors (Lipinski definition) is 3. The predicted molar refractivity (Wildman–Crippen MR) is 110 cm³/mol. The van der Waals surface area contributed by atoms with E-state index in [4.69, 9.17) is 4.98 Å². The van der Waals surface area contributed by atoms with Crippen LogP contribution in [-0.4, -0.2) is 45.5 Å². The molecule has 146 valence electrons. The number of carbonyl (C=O) groups excluding carboxylic acids is 1. The van der Waals surface area contributed by atoms with Crippen molar-refractivity contribution in [1.29, 1.82) is 0 Å². The van der Waals surface area contributed by atoms with Gasteiger partial charge in [0.2, 0.25) is 0 Å². The molecular formula is C21H26N6O. The molecule has 0 radical (unpaired) electrons. The van der Waals surface area contributed by atoms with Gasteiger partial charge in [-0.05, 0) is 57.5 Å². The Labute approximate surface area is 164 Å². The number of imidazole rings is 1. The number of likely N-dealkylation sites (tertiary alicyclic amines) is 1. The first-order valence-electron chi connectivity index (χ1n) is 9.65. The number of nitrogens with zero attached hydrogens (tertiary/aromatic N) is 3. The Kier molecular flexibility index (Phi) is 5.00. The highest BCUT2D eigenvalue weighted by molar-refractivity contribution is 5.89. The number of urea groups is 1. The number of fused-ring (bicyclic) bond motifs is 1. The summed E-state index contributed by atoms with van der Waals surface area (Å²) in [5.41, 5.74) is 4.75. The van der Waals surface area contributed by atoms with Crippen molar-refractivity contribution in [2.75, 3.05) is 18.9 Å². The van der Waals surface area contributed by atoms with Crippen LogP contribution in [0.5, 0.6) is 0 Å². The fraction of sp³-hybridized carbons (Fsp3) is 0.381. The van der Waals surface area contributed by atoms with Crippen LogP contribution in [0.15, 0.2) is 36.5 Å². The molecule has 1 fully saturated rings. The van der Waals surface area contributed by atoms with Gasteiger partial charge < -0.3 is 15.6 Å². The largest absolute Gasteiger partial charge is 0.341 e. The number of piperidine rings is 1. The smallest absolute Gasteiger partial charge is 0.319 e. The highest BCUT2D eigenvalue weighted by atomic mass is 16.2. The summed E-state index contributed by atoms with van der Waals surface area (Å²) in [6.07, 6.45) is 3.41. The zero-order valence-electron chi connectivity index (χ0n) is 16.5. The van der Waals surface area contributed by atoms with Crippen LogP contribution >= 0.6 is 0 Å². The zero-order chi connectivity index (χ0) is 19.7. The quantitative estimate of drug-likeness (QED) is 0.651. The molecule has 3 heterocycles. The fourth-order valence-corrected chi connectivity index (χ4v) is 3.73. The number of aromatic nitrogens is 3. The summed E-state index contributed by atoms with van der Waals surface area (Å²) in [4.78, 5) is 27.2. The summed E-state index contributed by atoms with van der Waals surface area (Å²) < 4.78 is 0. The summed E-state index contributed by atoms with van der Waals surface area (Å²) in [6, 6.07) is 10.0. The molecule has 1 aliphatic rings. The Morgan fingerprint density at radius 3 is 2.89 bits per heavy atom. The van der Waals surface area contributed by atoms with Crippen molar-refractivity contribution in [3.8, 4) is 0 Å². The molecule has 7 nitrogen and oxygen atoms in total. The summed E-state index contributed by atoms with van der Waals surface area (Å²) >= 11 is 0. The van der Waals surface area contributed by atoms with E-state index in [-0.39, 0.29) is 18.1 Å². The van der Waals surface area contributed by atoms with E-state index in [9.17, 15) is 4.79 Å². The monoisotopic (exact) mass is 378 g/mol. The number of aryl methyl sites for hydroxylation is 2. The van der Waals surface area contributed by atoms with Crippen LogP contribution in [0.3, 0.4) is 0 Å². The third-order valence-corrected chi connectivity index (χ3v) is 5.53. The average Bonchev–Trinajstić information content (AvgIpc) is 3.10. The second kappa shape index (κ2) is 7.59. The van der Waals surface area contributed by atoms with Crippen molar-refractivity contribution in [2.24, 2.45) is 0 Å². The van der Waals surface area contributed by atoms with Gasteiger partial charge in [-0.25, -0.2) is 9.78 Å². The minimum Gasteiger partial charge on any atom is -0.341 e. The Morgan fingerprint density at radius 2 is 2.11 bits per heavy atom. The Morgan fingerprint density at radius 1 is 1.29 bits per heavy atom. The van der Waals surface area contributed by atoms with Gasteiger partial charge in [-0.15, -0.1) is 0 Å². The number of amides is 2. The SMILES string of the molecule is Cc1cc(NC(=O)NC2CCN(C)[C@@H](c3nc4ccccc4[nH]3)C2)cnc1C. The van der Waals surface area contributed by atoms with Gasteiger partial charge >= 0.3 is 6.03 Å². The summed E-state index contributed by atoms with van der Waals surface area (Å²) in [7, 11) is 2.11. The first-order chi connectivity index (χ1) is 13.5. The fourth-order valence-electron chi connectivity index (χ4n) is 3.73. The van der Waals surface area contributed by atoms with Crippen molar-refractivity contribution in [3.63, 3.8) is 0 Å². The first-order valence-corrected chi connectivity index (χ1v) is 9.65. The highest BCUT2D eigenvalue weighted by Crippen LogP contribution is 2.29. The van der Waals surface area contributed by atoms with Crippen LogP contribution in [0.1, 0.15) is 36.0 Å². The van der Waals surface area contributed by atoms with Gasteiger partial charge in [0.1, 0.15) is 5.82 Å². The Hall–Kier alpha value is -2.93. The van der Waals surface area contributed by atoms with Crippen molar-refractivity contribution in [2.45, 2.75) is 38.8 Å². The maximum Gasteiger partial charge on any atom is 0.319 e. The number of carbonyl (C=O) groups is 1. The standard InChI is InChI=1S/C21H26N6O/c1-13-10-16(12-22-14(13)2)24-21(28)23-15-8-9-27(3)19(11-15)20-25-17-6-4-5-7-18(17)26-20/h4-7,10,12,15,19H,8-9,11H2,1-3H3,(H,25,26)(H2,23,24,28)/t15?,19-/m1/s1. The maximum atomic E-state index is 12.5. The number of anilines is 1. The van der Waals surface area contributed by atoms with Gasteiger partial charge in [0.15, 0.2) is 0 Å². The van der Waals surface area contributed by atoms with Crippen LogP contribution in [0.4, 0.5) is 10.5 Å². The Balaban J connectivity index is 1.42. The predicted octanol–water partition coefficient (Wildman–Crippen LogP) is 3.53. The molecule has 0 bridgehead atoms. The van der Waals surface area contributed by atoms with Crippen molar-refractivity contribution < 1.29 is 4.79 Å². The van der Waals surface area contributed by atoms with Gasteiger partial charge in [0.05, 0.1) is 29.0 Å². The van der Waals surface area contributed by atoms with E-state index in [0.29, 0.717) is 5.69 Å². The number of rotatable bonds is 3. The molecule has 0 saturated carbocycles. The normalized spacial score (nSPS) is 20.2. The molecular weight excluding hydrogens is 352 g/mol. The van der Waals surface area contributed by atoms with Gasteiger partial charge in [-0.1, -0.05) is 12.1 Å². The van der Waals surface area contributed by atoms with Crippen molar-refractivity contribution >= 4 is 22.8 Å². The van der Waals surface area contributed by atoms with Gasteiger partial charge in [0.25, 0.3) is 0 Å². The van der Waals surface area contributed by atoms with Crippen LogP contribution < -0.4 is 10.6 Å². The topological polar surface area (TPSA) is 85.9 Å². The number of pyridine rings is 1. The van der Waals surface area contributed by atoms with Crippen LogP contribution in [-0.2, 0) is 0 Å². The number of para-hydroxylation sites is 2. The lowest BCUT2D eigenvalue weighted by Crippen LogP contribution is -2.46. The van der Waals surface area contributed by atoms with E-state index in [1.807, 2.05) is 44.2 Å². The molecule has 2 aromatic heterocycles. The number of H-pyrrole nitrogens is 1. The minimum atomic E-state index is -0.192.